The van der Waals surface area contributed by atoms with Gasteiger partial charge in [-0.05, 0) is 38.2 Å². The van der Waals surface area contributed by atoms with Gasteiger partial charge in [0.25, 0.3) is 0 Å². The zero-order valence-corrected chi connectivity index (χ0v) is 11.3. The van der Waals surface area contributed by atoms with E-state index < -0.39 is 0 Å². The van der Waals surface area contributed by atoms with Crippen LogP contribution in [0.4, 0.5) is 10.5 Å². The topological polar surface area (TPSA) is 52.7 Å². The Morgan fingerprint density at radius 2 is 1.63 bits per heavy atom. The van der Waals surface area contributed by atoms with Crippen LogP contribution in [0.1, 0.15) is 17.3 Å². The molecule has 1 aliphatic heterocycles. The second kappa shape index (κ2) is 5.84. The van der Waals surface area contributed by atoms with E-state index in [9.17, 15) is 9.59 Å². The average Bonchev–Trinajstić information content (AvgIpc) is 2.40. The van der Waals surface area contributed by atoms with Crippen LogP contribution in [0.3, 0.4) is 0 Å². The summed E-state index contributed by atoms with van der Waals surface area (Å²) in [7, 11) is 2.05. The lowest BCUT2D eigenvalue weighted by atomic mass is 10.1. The summed E-state index contributed by atoms with van der Waals surface area (Å²) < 4.78 is 0. The van der Waals surface area contributed by atoms with Crippen molar-refractivity contribution in [2.75, 3.05) is 38.5 Å². The molecule has 0 atom stereocenters. The Hall–Kier alpha value is -1.88. The molecule has 0 bridgehead atoms. The van der Waals surface area contributed by atoms with Gasteiger partial charge in [-0.25, -0.2) is 4.79 Å². The van der Waals surface area contributed by atoms with E-state index in [1.807, 2.05) is 0 Å². The second-order valence-corrected chi connectivity index (χ2v) is 4.85. The number of Topliss-reactive ketones (excluding diaryl/α,β-unsaturated/α-hetero) is 1. The highest BCUT2D eigenvalue weighted by Gasteiger charge is 2.18. The van der Waals surface area contributed by atoms with E-state index in [1.165, 1.54) is 6.92 Å². The van der Waals surface area contributed by atoms with Crippen LogP contribution in [0.25, 0.3) is 0 Å². The molecule has 1 aliphatic rings. The number of likely N-dealkylation sites (N-methyl/N-ethyl adjacent to an activating group) is 1. The highest BCUT2D eigenvalue weighted by atomic mass is 16.2. The van der Waals surface area contributed by atoms with Gasteiger partial charge in [-0.1, -0.05) is 0 Å². The van der Waals surface area contributed by atoms with Gasteiger partial charge in [0.05, 0.1) is 0 Å². The minimum atomic E-state index is -0.0799. The Morgan fingerprint density at radius 3 is 2.16 bits per heavy atom. The number of benzene rings is 1. The second-order valence-electron chi connectivity index (χ2n) is 4.85. The summed E-state index contributed by atoms with van der Waals surface area (Å²) >= 11 is 0. The number of ketones is 1. The molecule has 2 amide bonds. The molecular weight excluding hydrogens is 242 g/mol. The highest BCUT2D eigenvalue weighted by molar-refractivity contribution is 5.95. The fourth-order valence-corrected chi connectivity index (χ4v) is 2.00. The Bertz CT molecular complexity index is 462. The van der Waals surface area contributed by atoms with Crippen molar-refractivity contribution in [3.63, 3.8) is 0 Å². The predicted octanol–water partition coefficient (Wildman–Crippen LogP) is 1.67. The summed E-state index contributed by atoms with van der Waals surface area (Å²) in [6.07, 6.45) is 0. The summed E-state index contributed by atoms with van der Waals surface area (Å²) in [5.74, 6) is 0.0249. The van der Waals surface area contributed by atoms with E-state index in [2.05, 4.69) is 17.3 Å². The number of anilines is 1. The molecule has 19 heavy (non-hydrogen) atoms. The van der Waals surface area contributed by atoms with Gasteiger partial charge in [-0.3, -0.25) is 4.79 Å². The fraction of sp³-hybridized carbons (Fsp3) is 0.429. The third-order valence-electron chi connectivity index (χ3n) is 3.33. The van der Waals surface area contributed by atoms with Gasteiger partial charge < -0.3 is 15.1 Å². The standard InChI is InChI=1S/C14H19N3O2/c1-11(18)12-3-5-13(6-4-12)15-14(19)17-9-7-16(2)8-10-17/h3-6H,7-10H2,1-2H3,(H,15,19). The molecular formula is C14H19N3O2. The third kappa shape index (κ3) is 3.54. The Labute approximate surface area is 113 Å². The summed E-state index contributed by atoms with van der Waals surface area (Å²) in [4.78, 5) is 27.2. The largest absolute Gasteiger partial charge is 0.322 e. The molecule has 5 nitrogen and oxygen atoms in total. The Kier molecular flexibility index (Phi) is 4.16. The van der Waals surface area contributed by atoms with Crippen molar-refractivity contribution in [2.45, 2.75) is 6.92 Å². The van der Waals surface area contributed by atoms with Crippen molar-refractivity contribution >= 4 is 17.5 Å². The van der Waals surface area contributed by atoms with Crippen LogP contribution in [0.15, 0.2) is 24.3 Å². The number of piperazine rings is 1. The number of hydrogen-bond donors (Lipinski definition) is 1. The van der Waals surface area contributed by atoms with Crippen LogP contribution in [0.2, 0.25) is 0 Å². The first-order valence-corrected chi connectivity index (χ1v) is 6.42. The quantitative estimate of drug-likeness (QED) is 0.824. The minimum absolute atomic E-state index is 0.0249. The molecule has 0 spiro atoms. The molecule has 2 rings (SSSR count). The lowest BCUT2D eigenvalue weighted by Gasteiger charge is -2.32. The van der Waals surface area contributed by atoms with Gasteiger partial charge in [-0.2, -0.15) is 0 Å². The molecule has 1 saturated heterocycles. The first-order chi connectivity index (χ1) is 9.06. The number of urea groups is 1. The van der Waals surface area contributed by atoms with E-state index in [4.69, 9.17) is 0 Å². The van der Waals surface area contributed by atoms with Crippen LogP contribution < -0.4 is 5.32 Å². The molecule has 5 heteroatoms. The summed E-state index contributed by atoms with van der Waals surface area (Å²) in [6.45, 7) is 4.81. The molecule has 1 heterocycles. The van der Waals surface area contributed by atoms with Crippen molar-refractivity contribution in [2.24, 2.45) is 0 Å². The zero-order valence-electron chi connectivity index (χ0n) is 11.3. The number of nitrogens with zero attached hydrogens (tertiary/aromatic N) is 2. The number of carbonyl (C=O) groups is 2. The van der Waals surface area contributed by atoms with Crippen molar-refractivity contribution < 1.29 is 9.59 Å². The van der Waals surface area contributed by atoms with Crippen LogP contribution in [-0.2, 0) is 0 Å². The van der Waals surface area contributed by atoms with Gasteiger partial charge in [0.2, 0.25) is 0 Å². The number of rotatable bonds is 2. The van der Waals surface area contributed by atoms with Crippen LogP contribution in [-0.4, -0.2) is 54.8 Å². The van der Waals surface area contributed by atoms with E-state index in [1.54, 1.807) is 29.2 Å². The molecule has 1 N–H and O–H groups in total. The average molecular weight is 261 g/mol. The van der Waals surface area contributed by atoms with Crippen molar-refractivity contribution in [1.82, 2.24) is 9.80 Å². The van der Waals surface area contributed by atoms with Crippen molar-refractivity contribution in [1.29, 1.82) is 0 Å². The van der Waals surface area contributed by atoms with Gasteiger partial charge in [-0.15, -0.1) is 0 Å². The number of amides is 2. The first kappa shape index (κ1) is 13.5. The molecule has 0 radical (unpaired) electrons. The normalized spacial score (nSPS) is 16.2. The van der Waals surface area contributed by atoms with Crippen molar-refractivity contribution in [3.8, 4) is 0 Å². The number of carbonyl (C=O) groups excluding carboxylic acids is 2. The van der Waals surface area contributed by atoms with Crippen LogP contribution in [0.5, 0.6) is 0 Å². The minimum Gasteiger partial charge on any atom is -0.322 e. The van der Waals surface area contributed by atoms with Crippen LogP contribution in [0, 0.1) is 0 Å². The molecule has 1 aromatic carbocycles. The third-order valence-corrected chi connectivity index (χ3v) is 3.33. The van der Waals surface area contributed by atoms with Gasteiger partial charge in [0.15, 0.2) is 5.78 Å². The molecule has 102 valence electrons. The molecule has 1 fully saturated rings. The monoisotopic (exact) mass is 261 g/mol. The smallest absolute Gasteiger partial charge is 0.321 e. The van der Waals surface area contributed by atoms with E-state index in [0.717, 1.165) is 26.2 Å². The van der Waals surface area contributed by atoms with Crippen molar-refractivity contribution in [3.05, 3.63) is 29.8 Å². The SMILES string of the molecule is CC(=O)c1ccc(NC(=O)N2CCN(C)CC2)cc1. The van der Waals surface area contributed by atoms with E-state index >= 15 is 0 Å². The molecule has 0 unspecified atom stereocenters. The predicted molar refractivity (Wildman–Crippen MR) is 74.5 cm³/mol. The Morgan fingerprint density at radius 1 is 1.05 bits per heavy atom. The maximum atomic E-state index is 12.0. The molecule has 0 aliphatic carbocycles. The van der Waals surface area contributed by atoms with Gasteiger partial charge in [0, 0.05) is 37.4 Å². The summed E-state index contributed by atoms with van der Waals surface area (Å²) in [5, 5.41) is 2.85. The highest BCUT2D eigenvalue weighted by Crippen LogP contribution is 2.11. The summed E-state index contributed by atoms with van der Waals surface area (Å²) in [6, 6.07) is 6.88. The van der Waals surface area contributed by atoms with Gasteiger partial charge >= 0.3 is 6.03 Å². The first-order valence-electron chi connectivity index (χ1n) is 6.42. The lowest BCUT2D eigenvalue weighted by molar-refractivity contribution is 0.101. The lowest BCUT2D eigenvalue weighted by Crippen LogP contribution is -2.48. The van der Waals surface area contributed by atoms with E-state index in [-0.39, 0.29) is 11.8 Å². The van der Waals surface area contributed by atoms with Gasteiger partial charge in [0.1, 0.15) is 0 Å². The maximum absolute atomic E-state index is 12.0. The number of hydrogen-bond acceptors (Lipinski definition) is 3. The molecule has 1 aromatic rings. The van der Waals surface area contributed by atoms with Crippen LogP contribution >= 0.6 is 0 Å². The zero-order chi connectivity index (χ0) is 13.8. The van der Waals surface area contributed by atoms with E-state index in [0.29, 0.717) is 11.3 Å². The maximum Gasteiger partial charge on any atom is 0.321 e. The molecule has 0 saturated carbocycles. The Balaban J connectivity index is 1.93. The fourth-order valence-electron chi connectivity index (χ4n) is 2.00. The summed E-state index contributed by atoms with van der Waals surface area (Å²) in [5.41, 5.74) is 1.37. The number of nitrogens with one attached hydrogen (secondary N) is 1. The molecule has 0 aromatic heterocycles.